The van der Waals surface area contributed by atoms with E-state index in [1.54, 1.807) is 19.0 Å². The van der Waals surface area contributed by atoms with Gasteiger partial charge in [-0.1, -0.05) is 0 Å². The van der Waals surface area contributed by atoms with Gasteiger partial charge < -0.3 is 20.4 Å². The highest BCUT2D eigenvalue weighted by Gasteiger charge is 2.19. The molecule has 1 saturated heterocycles. The number of anilines is 1. The second-order valence-electron chi connectivity index (χ2n) is 6.50. The zero-order valence-corrected chi connectivity index (χ0v) is 15.5. The molecule has 2 rings (SSSR count). The number of pyridine rings is 1. The number of carbonyl (C=O) groups is 1. The topological polar surface area (TPSA) is 72.9 Å². The van der Waals surface area contributed by atoms with Crippen LogP contribution in [0.3, 0.4) is 0 Å². The molecule has 0 spiro atoms. The SMILES string of the molecule is CCNC(=NCC(=O)N(C)C)NCC1CCN(c2ccncc2)CC1. The summed E-state index contributed by atoms with van der Waals surface area (Å²) in [6.45, 7) is 5.97. The molecule has 0 atom stereocenters. The third-order valence-corrected chi connectivity index (χ3v) is 4.42. The number of hydrogen-bond donors (Lipinski definition) is 2. The van der Waals surface area contributed by atoms with Crippen LogP contribution in [0.1, 0.15) is 19.8 Å². The van der Waals surface area contributed by atoms with Gasteiger partial charge in [0.1, 0.15) is 6.54 Å². The number of hydrogen-bond acceptors (Lipinski definition) is 4. The smallest absolute Gasteiger partial charge is 0.243 e. The molecule has 138 valence electrons. The molecule has 1 aromatic rings. The summed E-state index contributed by atoms with van der Waals surface area (Å²) in [6.07, 6.45) is 5.98. The van der Waals surface area contributed by atoms with Gasteiger partial charge in [0, 0.05) is 58.4 Å². The Kier molecular flexibility index (Phi) is 7.50. The van der Waals surface area contributed by atoms with Crippen molar-refractivity contribution in [3.05, 3.63) is 24.5 Å². The van der Waals surface area contributed by atoms with Crippen molar-refractivity contribution in [1.82, 2.24) is 20.5 Å². The number of rotatable bonds is 6. The molecule has 0 radical (unpaired) electrons. The molecule has 1 aromatic heterocycles. The zero-order chi connectivity index (χ0) is 18.1. The lowest BCUT2D eigenvalue weighted by molar-refractivity contribution is -0.127. The molecule has 25 heavy (non-hydrogen) atoms. The Morgan fingerprint density at radius 1 is 1.28 bits per heavy atom. The summed E-state index contributed by atoms with van der Waals surface area (Å²) in [7, 11) is 3.49. The predicted molar refractivity (Wildman–Crippen MR) is 102 cm³/mol. The fourth-order valence-corrected chi connectivity index (χ4v) is 2.82. The quantitative estimate of drug-likeness (QED) is 0.592. The molecule has 0 bridgehead atoms. The largest absolute Gasteiger partial charge is 0.371 e. The number of aromatic nitrogens is 1. The molecule has 1 amide bonds. The molecule has 1 fully saturated rings. The molecule has 0 aromatic carbocycles. The first kappa shape index (κ1) is 19.0. The number of piperidine rings is 1. The number of nitrogens with one attached hydrogen (secondary N) is 2. The summed E-state index contributed by atoms with van der Waals surface area (Å²) >= 11 is 0. The Morgan fingerprint density at radius 3 is 2.56 bits per heavy atom. The zero-order valence-electron chi connectivity index (χ0n) is 15.5. The van der Waals surface area contributed by atoms with E-state index in [4.69, 9.17) is 0 Å². The van der Waals surface area contributed by atoms with Gasteiger partial charge in [-0.3, -0.25) is 9.78 Å². The minimum atomic E-state index is 0.00265. The summed E-state index contributed by atoms with van der Waals surface area (Å²) in [5.41, 5.74) is 1.25. The number of likely N-dealkylation sites (N-methyl/N-ethyl adjacent to an activating group) is 1. The fraction of sp³-hybridized carbons (Fsp3) is 0.611. The predicted octanol–water partition coefficient (Wildman–Crippen LogP) is 0.941. The normalized spacial score (nSPS) is 15.8. The van der Waals surface area contributed by atoms with Crippen LogP contribution in [0.4, 0.5) is 5.69 Å². The van der Waals surface area contributed by atoms with Crippen molar-refractivity contribution in [3.63, 3.8) is 0 Å². The summed E-state index contributed by atoms with van der Waals surface area (Å²) in [6, 6.07) is 4.13. The van der Waals surface area contributed by atoms with Gasteiger partial charge in [-0.05, 0) is 37.8 Å². The Balaban J connectivity index is 1.78. The van der Waals surface area contributed by atoms with E-state index in [1.807, 2.05) is 19.3 Å². The van der Waals surface area contributed by atoms with Gasteiger partial charge in [0.15, 0.2) is 5.96 Å². The van der Waals surface area contributed by atoms with Gasteiger partial charge in [-0.2, -0.15) is 0 Å². The molecular weight excluding hydrogens is 316 g/mol. The minimum Gasteiger partial charge on any atom is -0.371 e. The van der Waals surface area contributed by atoms with Crippen molar-refractivity contribution < 1.29 is 4.79 Å². The fourth-order valence-electron chi connectivity index (χ4n) is 2.82. The van der Waals surface area contributed by atoms with E-state index in [2.05, 4.69) is 37.6 Å². The van der Waals surface area contributed by atoms with Crippen LogP contribution in [-0.4, -0.2) is 68.6 Å². The van der Waals surface area contributed by atoms with Crippen molar-refractivity contribution in [3.8, 4) is 0 Å². The van der Waals surface area contributed by atoms with Crippen LogP contribution in [0.5, 0.6) is 0 Å². The Morgan fingerprint density at radius 2 is 1.96 bits per heavy atom. The summed E-state index contributed by atoms with van der Waals surface area (Å²) in [5.74, 6) is 1.34. The Bertz CT molecular complexity index is 552. The van der Waals surface area contributed by atoms with Crippen molar-refractivity contribution in [2.45, 2.75) is 19.8 Å². The molecule has 1 aliphatic rings. The first-order chi connectivity index (χ1) is 12.1. The third kappa shape index (κ3) is 6.25. The van der Waals surface area contributed by atoms with E-state index in [0.717, 1.165) is 39.0 Å². The average Bonchev–Trinajstić information content (AvgIpc) is 2.64. The molecule has 7 heteroatoms. The third-order valence-electron chi connectivity index (χ3n) is 4.42. The van der Waals surface area contributed by atoms with Crippen molar-refractivity contribution in [2.24, 2.45) is 10.9 Å². The lowest BCUT2D eigenvalue weighted by Crippen LogP contribution is -2.43. The first-order valence-electron chi connectivity index (χ1n) is 8.97. The number of guanidine groups is 1. The maximum atomic E-state index is 11.7. The summed E-state index contributed by atoms with van der Waals surface area (Å²) in [5, 5.41) is 6.58. The number of carbonyl (C=O) groups excluding carboxylic acids is 1. The van der Waals surface area contributed by atoms with Gasteiger partial charge in [0.2, 0.25) is 5.91 Å². The van der Waals surface area contributed by atoms with Crippen LogP contribution in [0.15, 0.2) is 29.5 Å². The second kappa shape index (κ2) is 9.86. The van der Waals surface area contributed by atoms with Crippen LogP contribution in [-0.2, 0) is 4.79 Å². The highest BCUT2D eigenvalue weighted by molar-refractivity contribution is 5.84. The molecule has 0 aliphatic carbocycles. The van der Waals surface area contributed by atoms with E-state index < -0.39 is 0 Å². The van der Waals surface area contributed by atoms with Crippen molar-refractivity contribution >= 4 is 17.6 Å². The van der Waals surface area contributed by atoms with Crippen LogP contribution in [0, 0.1) is 5.92 Å². The lowest BCUT2D eigenvalue weighted by Gasteiger charge is -2.33. The molecule has 2 N–H and O–H groups in total. The molecule has 0 saturated carbocycles. The number of amides is 1. The van der Waals surface area contributed by atoms with Gasteiger partial charge in [0.25, 0.3) is 0 Å². The number of aliphatic imine (C=N–C) groups is 1. The maximum Gasteiger partial charge on any atom is 0.243 e. The summed E-state index contributed by atoms with van der Waals surface area (Å²) < 4.78 is 0. The van der Waals surface area contributed by atoms with Gasteiger partial charge >= 0.3 is 0 Å². The maximum absolute atomic E-state index is 11.7. The van der Waals surface area contributed by atoms with E-state index >= 15 is 0 Å². The summed E-state index contributed by atoms with van der Waals surface area (Å²) in [4.78, 5) is 24.1. The highest BCUT2D eigenvalue weighted by Crippen LogP contribution is 2.22. The van der Waals surface area contributed by atoms with Gasteiger partial charge in [-0.25, -0.2) is 4.99 Å². The van der Waals surface area contributed by atoms with Crippen LogP contribution in [0.2, 0.25) is 0 Å². The standard InChI is InChI=1S/C18H30N6O/c1-4-20-18(22-14-17(25)23(2)3)21-13-15-7-11-24(12-8-15)16-5-9-19-10-6-16/h5-6,9-10,15H,4,7-8,11-14H2,1-3H3,(H2,20,21,22). The highest BCUT2D eigenvalue weighted by atomic mass is 16.2. The first-order valence-corrected chi connectivity index (χ1v) is 8.97. The molecule has 1 aliphatic heterocycles. The van der Waals surface area contributed by atoms with Crippen LogP contribution >= 0.6 is 0 Å². The monoisotopic (exact) mass is 346 g/mol. The van der Waals surface area contributed by atoms with Gasteiger partial charge in [-0.15, -0.1) is 0 Å². The van der Waals surface area contributed by atoms with E-state index in [1.165, 1.54) is 5.69 Å². The van der Waals surface area contributed by atoms with Crippen LogP contribution in [0.25, 0.3) is 0 Å². The molecule has 2 heterocycles. The second-order valence-corrected chi connectivity index (χ2v) is 6.50. The lowest BCUT2D eigenvalue weighted by atomic mass is 9.96. The van der Waals surface area contributed by atoms with E-state index in [0.29, 0.717) is 11.9 Å². The van der Waals surface area contributed by atoms with E-state index in [9.17, 15) is 4.79 Å². The van der Waals surface area contributed by atoms with Crippen molar-refractivity contribution in [2.75, 3.05) is 51.7 Å². The van der Waals surface area contributed by atoms with Crippen LogP contribution < -0.4 is 15.5 Å². The van der Waals surface area contributed by atoms with E-state index in [-0.39, 0.29) is 12.5 Å². The van der Waals surface area contributed by atoms with Crippen molar-refractivity contribution in [1.29, 1.82) is 0 Å². The Hall–Kier alpha value is -2.31. The molecular formula is C18H30N6O. The number of nitrogens with zero attached hydrogens (tertiary/aromatic N) is 4. The van der Waals surface area contributed by atoms with Gasteiger partial charge in [0.05, 0.1) is 0 Å². The Labute approximate surface area is 150 Å². The minimum absolute atomic E-state index is 0.00265. The molecule has 0 unspecified atom stereocenters. The molecule has 7 nitrogen and oxygen atoms in total. The average molecular weight is 346 g/mol.